The molecule has 3 aromatic heterocycles. The zero-order chi connectivity index (χ0) is 19.6. The van der Waals surface area contributed by atoms with Crippen LogP contribution in [0.4, 0.5) is 0 Å². The highest BCUT2D eigenvalue weighted by Crippen LogP contribution is 2.33. The van der Waals surface area contributed by atoms with Crippen LogP contribution in [0.25, 0.3) is 22.9 Å². The maximum atomic E-state index is 5.55. The van der Waals surface area contributed by atoms with Crippen molar-refractivity contribution < 1.29 is 9.05 Å². The van der Waals surface area contributed by atoms with E-state index in [1.807, 2.05) is 49.4 Å². The second kappa shape index (κ2) is 7.56. The van der Waals surface area contributed by atoms with Crippen molar-refractivity contribution in [3.63, 3.8) is 0 Å². The van der Waals surface area contributed by atoms with Crippen LogP contribution in [0.2, 0.25) is 0 Å². The molecule has 1 aliphatic heterocycles. The quantitative estimate of drug-likeness (QED) is 0.509. The zero-order valence-corrected chi connectivity index (χ0v) is 16.0. The number of aryl methyl sites for hydroxylation is 1. The van der Waals surface area contributed by atoms with Gasteiger partial charge in [0.1, 0.15) is 5.69 Å². The Morgan fingerprint density at radius 2 is 1.86 bits per heavy atom. The lowest BCUT2D eigenvalue weighted by molar-refractivity contribution is 0.179. The van der Waals surface area contributed by atoms with Crippen LogP contribution in [0.3, 0.4) is 0 Å². The van der Waals surface area contributed by atoms with E-state index in [0.717, 1.165) is 30.5 Å². The molecule has 0 amide bonds. The Kier molecular flexibility index (Phi) is 4.61. The molecule has 0 spiro atoms. The maximum Gasteiger partial charge on any atom is 0.244 e. The summed E-state index contributed by atoms with van der Waals surface area (Å²) in [4.78, 5) is 15.7. The molecule has 1 aliphatic rings. The number of rotatable bonds is 5. The first-order valence-corrected chi connectivity index (χ1v) is 9.65. The summed E-state index contributed by atoms with van der Waals surface area (Å²) in [6.45, 7) is 3.50. The van der Waals surface area contributed by atoms with Crippen molar-refractivity contribution in [3.8, 4) is 22.9 Å². The molecular formula is C21H20N6O2. The summed E-state index contributed by atoms with van der Waals surface area (Å²) in [7, 11) is 0. The molecule has 0 radical (unpaired) electrons. The van der Waals surface area contributed by atoms with E-state index in [1.165, 1.54) is 0 Å². The highest BCUT2D eigenvalue weighted by molar-refractivity contribution is 5.58. The molecule has 4 aromatic rings. The van der Waals surface area contributed by atoms with E-state index in [4.69, 9.17) is 9.05 Å². The summed E-state index contributed by atoms with van der Waals surface area (Å²) in [5.74, 6) is 2.30. The molecule has 8 nitrogen and oxygen atoms in total. The smallest absolute Gasteiger partial charge is 0.244 e. The molecular weight excluding hydrogens is 368 g/mol. The first-order chi connectivity index (χ1) is 14.3. The first kappa shape index (κ1) is 17.7. The van der Waals surface area contributed by atoms with Gasteiger partial charge in [0.05, 0.1) is 12.6 Å². The summed E-state index contributed by atoms with van der Waals surface area (Å²) in [6.07, 6.45) is 3.71. The van der Waals surface area contributed by atoms with Gasteiger partial charge in [0.25, 0.3) is 0 Å². The monoisotopic (exact) mass is 388 g/mol. The van der Waals surface area contributed by atoms with Gasteiger partial charge in [0, 0.05) is 11.8 Å². The number of pyridine rings is 1. The predicted molar refractivity (Wildman–Crippen MR) is 104 cm³/mol. The van der Waals surface area contributed by atoms with E-state index in [9.17, 15) is 0 Å². The highest BCUT2D eigenvalue weighted by atomic mass is 16.5. The molecule has 1 atom stereocenters. The van der Waals surface area contributed by atoms with E-state index in [2.05, 4.69) is 30.2 Å². The normalized spacial score (nSPS) is 17.1. The van der Waals surface area contributed by atoms with E-state index in [0.29, 0.717) is 35.7 Å². The van der Waals surface area contributed by atoms with E-state index in [-0.39, 0.29) is 6.04 Å². The number of benzene rings is 1. The molecule has 0 bridgehead atoms. The second-order valence-electron chi connectivity index (χ2n) is 7.13. The van der Waals surface area contributed by atoms with Crippen LogP contribution >= 0.6 is 0 Å². The molecule has 0 saturated carbocycles. The average Bonchev–Trinajstić information content (AvgIpc) is 3.50. The van der Waals surface area contributed by atoms with Crippen LogP contribution < -0.4 is 0 Å². The Morgan fingerprint density at radius 3 is 2.72 bits per heavy atom. The minimum Gasteiger partial charge on any atom is -0.338 e. The standard InChI is InChI=1S/C21H20N6O2/c1-14-7-2-3-8-15(14)19-23-18(28-25-19)13-27-12-6-10-17(27)21-24-20(26-29-21)16-9-4-5-11-22-16/h2-5,7-9,11,17H,6,10,12-13H2,1H3/t17-/m1/s1. The summed E-state index contributed by atoms with van der Waals surface area (Å²) >= 11 is 0. The third-order valence-electron chi connectivity index (χ3n) is 5.18. The molecule has 146 valence electrons. The fourth-order valence-corrected chi connectivity index (χ4v) is 3.69. The van der Waals surface area contributed by atoms with Gasteiger partial charge in [-0.05, 0) is 44.0 Å². The lowest BCUT2D eigenvalue weighted by Crippen LogP contribution is -2.23. The topological polar surface area (TPSA) is 94.0 Å². The van der Waals surface area contributed by atoms with Crippen molar-refractivity contribution in [2.24, 2.45) is 0 Å². The lowest BCUT2D eigenvalue weighted by Gasteiger charge is -2.18. The predicted octanol–water partition coefficient (Wildman–Crippen LogP) is 3.83. The van der Waals surface area contributed by atoms with Crippen molar-refractivity contribution in [3.05, 3.63) is 66.0 Å². The van der Waals surface area contributed by atoms with Gasteiger partial charge in [-0.1, -0.05) is 40.6 Å². The van der Waals surface area contributed by atoms with Crippen molar-refractivity contribution in [1.82, 2.24) is 30.2 Å². The van der Waals surface area contributed by atoms with Gasteiger partial charge in [-0.2, -0.15) is 9.97 Å². The highest BCUT2D eigenvalue weighted by Gasteiger charge is 2.32. The minimum atomic E-state index is 0.0359. The van der Waals surface area contributed by atoms with E-state index >= 15 is 0 Å². The van der Waals surface area contributed by atoms with Crippen LogP contribution in [0.1, 0.15) is 36.2 Å². The minimum absolute atomic E-state index is 0.0359. The second-order valence-corrected chi connectivity index (χ2v) is 7.13. The molecule has 5 rings (SSSR count). The lowest BCUT2D eigenvalue weighted by atomic mass is 10.1. The van der Waals surface area contributed by atoms with Crippen molar-refractivity contribution in [2.75, 3.05) is 6.54 Å². The summed E-state index contributed by atoms with van der Waals surface area (Å²) in [5, 5.41) is 8.26. The molecule has 1 saturated heterocycles. The summed E-state index contributed by atoms with van der Waals surface area (Å²) < 4.78 is 11.1. The van der Waals surface area contributed by atoms with Crippen LogP contribution in [0, 0.1) is 6.92 Å². The first-order valence-electron chi connectivity index (χ1n) is 9.65. The Hall–Kier alpha value is -3.39. The molecule has 1 aromatic carbocycles. The Bertz CT molecular complexity index is 1110. The number of nitrogens with zero attached hydrogens (tertiary/aromatic N) is 6. The van der Waals surface area contributed by atoms with Gasteiger partial charge in [-0.3, -0.25) is 9.88 Å². The molecule has 0 aliphatic carbocycles. The maximum absolute atomic E-state index is 5.55. The average molecular weight is 388 g/mol. The number of hydrogen-bond acceptors (Lipinski definition) is 8. The van der Waals surface area contributed by atoms with Crippen molar-refractivity contribution >= 4 is 0 Å². The summed E-state index contributed by atoms with van der Waals surface area (Å²) in [6, 6.07) is 13.7. The number of hydrogen-bond donors (Lipinski definition) is 0. The largest absolute Gasteiger partial charge is 0.338 e. The van der Waals surface area contributed by atoms with Gasteiger partial charge < -0.3 is 9.05 Å². The fraction of sp³-hybridized carbons (Fsp3) is 0.286. The summed E-state index contributed by atoms with van der Waals surface area (Å²) in [5.41, 5.74) is 2.80. The van der Waals surface area contributed by atoms with Gasteiger partial charge >= 0.3 is 0 Å². The third-order valence-corrected chi connectivity index (χ3v) is 5.18. The number of aromatic nitrogens is 5. The van der Waals surface area contributed by atoms with Gasteiger partial charge in [0.2, 0.25) is 23.4 Å². The van der Waals surface area contributed by atoms with Crippen LogP contribution in [0.5, 0.6) is 0 Å². The van der Waals surface area contributed by atoms with Gasteiger partial charge in [-0.15, -0.1) is 0 Å². The van der Waals surface area contributed by atoms with Gasteiger partial charge in [-0.25, -0.2) is 0 Å². The van der Waals surface area contributed by atoms with Crippen LogP contribution in [-0.2, 0) is 6.54 Å². The van der Waals surface area contributed by atoms with Gasteiger partial charge in [0.15, 0.2) is 0 Å². The molecule has 0 unspecified atom stereocenters. The molecule has 8 heteroatoms. The zero-order valence-electron chi connectivity index (χ0n) is 16.0. The molecule has 0 N–H and O–H groups in total. The molecule has 1 fully saturated rings. The SMILES string of the molecule is Cc1ccccc1-c1noc(CN2CCC[C@@H]2c2nc(-c3ccccn3)no2)n1. The Morgan fingerprint density at radius 1 is 1.00 bits per heavy atom. The van der Waals surface area contributed by atoms with Crippen LogP contribution in [-0.4, -0.2) is 36.7 Å². The molecule has 29 heavy (non-hydrogen) atoms. The van der Waals surface area contributed by atoms with Crippen molar-refractivity contribution in [1.29, 1.82) is 0 Å². The molecule has 4 heterocycles. The van der Waals surface area contributed by atoms with E-state index in [1.54, 1.807) is 6.20 Å². The third kappa shape index (κ3) is 3.54. The van der Waals surface area contributed by atoms with Crippen molar-refractivity contribution in [2.45, 2.75) is 32.4 Å². The Balaban J connectivity index is 1.33. The fourth-order valence-electron chi connectivity index (χ4n) is 3.69. The van der Waals surface area contributed by atoms with E-state index < -0.39 is 0 Å². The number of likely N-dealkylation sites (tertiary alicyclic amines) is 1. The Labute approximate surface area is 167 Å². The van der Waals surface area contributed by atoms with Crippen LogP contribution in [0.15, 0.2) is 57.7 Å².